The van der Waals surface area contributed by atoms with Crippen molar-refractivity contribution in [1.82, 2.24) is 0 Å². The lowest BCUT2D eigenvalue weighted by molar-refractivity contribution is 0.0528. The van der Waals surface area contributed by atoms with Crippen molar-refractivity contribution in [2.75, 3.05) is 16.8 Å². The maximum Gasteiger partial charge on any atom is 0.341 e. The van der Waals surface area contributed by atoms with Crippen LogP contribution in [-0.4, -0.2) is 30.3 Å². The van der Waals surface area contributed by atoms with Gasteiger partial charge in [-0.15, -0.1) is 11.3 Å². The molecule has 0 saturated carbocycles. The van der Waals surface area contributed by atoms with E-state index in [9.17, 15) is 19.2 Å². The van der Waals surface area contributed by atoms with Gasteiger partial charge in [0.05, 0.1) is 23.4 Å². The third kappa shape index (κ3) is 4.39. The van der Waals surface area contributed by atoms with Crippen molar-refractivity contribution in [2.45, 2.75) is 20.8 Å². The highest BCUT2D eigenvalue weighted by atomic mass is 32.1. The van der Waals surface area contributed by atoms with Crippen LogP contribution in [0.25, 0.3) is 11.1 Å². The summed E-state index contributed by atoms with van der Waals surface area (Å²) in [7, 11) is 0. The number of fused-ring (bicyclic) bond motifs is 1. The van der Waals surface area contributed by atoms with E-state index in [1.54, 1.807) is 49.4 Å². The Morgan fingerprint density at radius 2 is 1.58 bits per heavy atom. The van der Waals surface area contributed by atoms with Crippen LogP contribution in [0.2, 0.25) is 0 Å². The number of rotatable bonds is 6. The van der Waals surface area contributed by atoms with Crippen LogP contribution in [0, 0.1) is 13.8 Å². The fourth-order valence-electron chi connectivity index (χ4n) is 4.56. The van der Waals surface area contributed by atoms with Crippen LogP contribution in [0.5, 0.6) is 0 Å². The number of esters is 1. The molecule has 1 N–H and O–H groups in total. The number of amides is 3. The third-order valence-electron chi connectivity index (χ3n) is 6.33. The average molecular weight is 525 g/mol. The minimum atomic E-state index is -0.529. The van der Waals surface area contributed by atoms with Crippen LogP contribution in [0.1, 0.15) is 59.5 Å². The van der Waals surface area contributed by atoms with Gasteiger partial charge >= 0.3 is 5.97 Å². The summed E-state index contributed by atoms with van der Waals surface area (Å²) < 4.78 is 5.32. The fourth-order valence-corrected chi connectivity index (χ4v) is 5.50. The number of imide groups is 1. The molecule has 0 bridgehead atoms. The molecule has 0 radical (unpaired) electrons. The molecule has 4 aromatic rings. The summed E-state index contributed by atoms with van der Waals surface area (Å²) in [5.74, 6) is -1.89. The minimum Gasteiger partial charge on any atom is -0.462 e. The smallest absolute Gasteiger partial charge is 0.341 e. The number of hydrogen-bond acceptors (Lipinski definition) is 6. The van der Waals surface area contributed by atoms with Gasteiger partial charge in [-0.3, -0.25) is 14.4 Å². The number of nitrogens with zero attached hydrogens (tertiary/aromatic N) is 1. The summed E-state index contributed by atoms with van der Waals surface area (Å²) in [5, 5.41) is 5.02. The van der Waals surface area contributed by atoms with Crippen LogP contribution in [0.3, 0.4) is 0 Å². The van der Waals surface area contributed by atoms with E-state index in [1.165, 1.54) is 17.4 Å². The quantitative estimate of drug-likeness (QED) is 0.237. The Morgan fingerprint density at radius 1 is 0.868 bits per heavy atom. The maximum atomic E-state index is 13.3. The summed E-state index contributed by atoms with van der Waals surface area (Å²) in [6, 6.07) is 18.8. The summed E-state index contributed by atoms with van der Waals surface area (Å²) in [6.45, 7) is 5.89. The van der Waals surface area contributed by atoms with Gasteiger partial charge in [-0.25, -0.2) is 9.69 Å². The van der Waals surface area contributed by atoms with Gasteiger partial charge in [-0.05, 0) is 62.2 Å². The first-order valence-electron chi connectivity index (χ1n) is 12.1. The zero-order valence-electron chi connectivity index (χ0n) is 21.0. The molecule has 3 amide bonds. The predicted octanol–water partition coefficient (Wildman–Crippen LogP) is 6.26. The lowest BCUT2D eigenvalue weighted by Crippen LogP contribution is -2.29. The van der Waals surface area contributed by atoms with E-state index in [-0.39, 0.29) is 23.4 Å². The van der Waals surface area contributed by atoms with Crippen molar-refractivity contribution in [3.63, 3.8) is 0 Å². The molecular formula is C30H24N2O5S. The van der Waals surface area contributed by atoms with Gasteiger partial charge in [0.2, 0.25) is 0 Å². The molecule has 1 aromatic heterocycles. The number of ether oxygens (including phenoxy) is 1. The highest BCUT2D eigenvalue weighted by Crippen LogP contribution is 2.38. The van der Waals surface area contributed by atoms with Gasteiger partial charge in [0, 0.05) is 16.5 Å². The van der Waals surface area contributed by atoms with Crippen molar-refractivity contribution < 1.29 is 23.9 Å². The Balaban J connectivity index is 1.47. The zero-order chi connectivity index (χ0) is 27.0. The van der Waals surface area contributed by atoms with Gasteiger partial charge in [0.25, 0.3) is 17.7 Å². The molecule has 3 aromatic carbocycles. The number of benzene rings is 3. The van der Waals surface area contributed by atoms with Crippen LogP contribution < -0.4 is 10.2 Å². The Kier molecular flexibility index (Phi) is 6.65. The number of nitrogens with one attached hydrogen (secondary N) is 1. The summed E-state index contributed by atoms with van der Waals surface area (Å²) in [4.78, 5) is 53.2. The molecule has 5 rings (SSSR count). The second kappa shape index (κ2) is 10.1. The summed E-state index contributed by atoms with van der Waals surface area (Å²) in [5.41, 5.74) is 5.11. The number of hydrogen-bond donors (Lipinski definition) is 1. The lowest BCUT2D eigenvalue weighted by atomic mass is 9.97. The molecule has 0 spiro atoms. The van der Waals surface area contributed by atoms with Crippen LogP contribution in [0.15, 0.2) is 72.1 Å². The van der Waals surface area contributed by atoms with Crippen molar-refractivity contribution in [2.24, 2.45) is 0 Å². The molecule has 0 atom stereocenters. The molecule has 0 unspecified atom stereocenters. The molecule has 0 aliphatic carbocycles. The van der Waals surface area contributed by atoms with Gasteiger partial charge in [-0.1, -0.05) is 42.0 Å². The Labute approximate surface area is 223 Å². The molecule has 38 heavy (non-hydrogen) atoms. The Hall–Kier alpha value is -4.56. The van der Waals surface area contributed by atoms with E-state index in [2.05, 4.69) is 5.32 Å². The number of thiophene rings is 1. The predicted molar refractivity (Wildman–Crippen MR) is 147 cm³/mol. The molecule has 8 heteroatoms. The lowest BCUT2D eigenvalue weighted by Gasteiger charge is -2.15. The van der Waals surface area contributed by atoms with Crippen LogP contribution >= 0.6 is 11.3 Å². The standard InChI is InChI=1S/C30H24N2O5S/c1-4-37-30(36)25-24(21-13-12-17(2)14-18(21)3)16-38-27(25)31-26(33)19-8-7-9-20(15-19)32-28(34)22-10-5-6-11-23(22)29(32)35/h5-16H,4H2,1-3H3,(H,31,33). The number of carbonyl (C=O) groups is 4. The number of anilines is 2. The van der Waals surface area contributed by atoms with E-state index in [1.807, 2.05) is 37.4 Å². The Bertz CT molecular complexity index is 1590. The molecule has 1 aliphatic rings. The second-order valence-electron chi connectivity index (χ2n) is 8.89. The van der Waals surface area contributed by atoms with Gasteiger partial charge in [-0.2, -0.15) is 0 Å². The van der Waals surface area contributed by atoms with Crippen molar-refractivity contribution >= 4 is 45.7 Å². The van der Waals surface area contributed by atoms with Gasteiger partial charge in [0.1, 0.15) is 10.6 Å². The third-order valence-corrected chi connectivity index (χ3v) is 7.23. The molecule has 190 valence electrons. The van der Waals surface area contributed by atoms with Gasteiger partial charge in [0.15, 0.2) is 0 Å². The largest absolute Gasteiger partial charge is 0.462 e. The normalized spacial score (nSPS) is 12.4. The summed E-state index contributed by atoms with van der Waals surface area (Å²) >= 11 is 1.23. The summed E-state index contributed by atoms with van der Waals surface area (Å²) in [6.07, 6.45) is 0. The minimum absolute atomic E-state index is 0.191. The molecule has 2 heterocycles. The highest BCUT2D eigenvalue weighted by molar-refractivity contribution is 7.15. The first kappa shape index (κ1) is 25.1. The molecule has 7 nitrogen and oxygen atoms in total. The van der Waals surface area contributed by atoms with Crippen LogP contribution in [0.4, 0.5) is 10.7 Å². The second-order valence-corrected chi connectivity index (χ2v) is 9.77. The van der Waals surface area contributed by atoms with Crippen LogP contribution in [-0.2, 0) is 4.74 Å². The first-order valence-corrected chi connectivity index (χ1v) is 12.9. The Morgan fingerprint density at radius 3 is 2.24 bits per heavy atom. The van der Waals surface area contributed by atoms with E-state index < -0.39 is 23.7 Å². The van der Waals surface area contributed by atoms with E-state index in [0.29, 0.717) is 21.7 Å². The van der Waals surface area contributed by atoms with E-state index >= 15 is 0 Å². The van der Waals surface area contributed by atoms with Crippen molar-refractivity contribution in [3.05, 3.63) is 105 Å². The van der Waals surface area contributed by atoms with Crippen molar-refractivity contribution in [1.29, 1.82) is 0 Å². The fraction of sp³-hybridized carbons (Fsp3) is 0.133. The number of carbonyl (C=O) groups excluding carboxylic acids is 4. The highest BCUT2D eigenvalue weighted by Gasteiger charge is 2.36. The maximum absolute atomic E-state index is 13.3. The molecule has 0 saturated heterocycles. The monoisotopic (exact) mass is 524 g/mol. The topological polar surface area (TPSA) is 92.8 Å². The zero-order valence-corrected chi connectivity index (χ0v) is 21.8. The number of aryl methyl sites for hydroxylation is 2. The SMILES string of the molecule is CCOC(=O)c1c(-c2ccc(C)cc2C)csc1NC(=O)c1cccc(N2C(=O)c3ccccc3C2=O)c1. The van der Waals surface area contributed by atoms with Crippen molar-refractivity contribution in [3.8, 4) is 11.1 Å². The van der Waals surface area contributed by atoms with E-state index in [4.69, 9.17) is 4.74 Å². The van der Waals surface area contributed by atoms with E-state index in [0.717, 1.165) is 21.6 Å². The van der Waals surface area contributed by atoms with Gasteiger partial charge < -0.3 is 10.1 Å². The average Bonchev–Trinajstić information content (AvgIpc) is 3.42. The molecule has 0 fully saturated rings. The molecular weight excluding hydrogens is 500 g/mol. The molecule has 1 aliphatic heterocycles. The first-order chi connectivity index (χ1) is 18.3.